The number of fused-ring (bicyclic) bond motifs is 1. The molecule has 0 spiro atoms. The predicted octanol–water partition coefficient (Wildman–Crippen LogP) is 3.38. The van der Waals surface area contributed by atoms with Crippen molar-refractivity contribution in [2.75, 3.05) is 6.26 Å². The van der Waals surface area contributed by atoms with Crippen LogP contribution in [-0.2, 0) is 22.7 Å². The number of hydrogen-bond donors (Lipinski definition) is 2. The normalized spacial score (nSPS) is 16.8. The molecular formula is C21H26N2O4S2. The van der Waals surface area contributed by atoms with Crippen molar-refractivity contribution >= 4 is 33.0 Å². The fraction of sp³-hybridized carbons (Fsp3) is 0.429. The maximum atomic E-state index is 12.5. The van der Waals surface area contributed by atoms with Gasteiger partial charge in [0.15, 0.2) is 9.84 Å². The van der Waals surface area contributed by atoms with Crippen molar-refractivity contribution in [3.8, 4) is 0 Å². The maximum absolute atomic E-state index is 12.5. The first kappa shape index (κ1) is 21.5. The molecule has 1 unspecified atom stereocenters. The molecule has 1 aromatic heterocycles. The van der Waals surface area contributed by atoms with Crippen LogP contribution in [0.2, 0.25) is 0 Å². The summed E-state index contributed by atoms with van der Waals surface area (Å²) in [5.74, 6) is -0.357. The van der Waals surface area contributed by atoms with E-state index in [1.165, 1.54) is 46.0 Å². The van der Waals surface area contributed by atoms with Gasteiger partial charge < -0.3 is 0 Å². The minimum absolute atomic E-state index is 0.0517. The average Bonchev–Trinajstić information content (AvgIpc) is 3.08. The SMILES string of the molecule is CC(C)(C)C1CCc2sc(C(=O)NNC(=O)c3cccc(S(C)(=O)=O)c3)cc2C1. The number of carbonyl (C=O) groups is 2. The van der Waals surface area contributed by atoms with E-state index in [4.69, 9.17) is 0 Å². The van der Waals surface area contributed by atoms with Gasteiger partial charge in [-0.2, -0.15) is 0 Å². The topological polar surface area (TPSA) is 92.3 Å². The monoisotopic (exact) mass is 434 g/mol. The van der Waals surface area contributed by atoms with Gasteiger partial charge in [0.2, 0.25) is 0 Å². The number of hydrazine groups is 1. The van der Waals surface area contributed by atoms with Gasteiger partial charge in [0.05, 0.1) is 9.77 Å². The van der Waals surface area contributed by atoms with E-state index in [1.807, 2.05) is 6.07 Å². The second kappa shape index (κ2) is 7.91. The van der Waals surface area contributed by atoms with Gasteiger partial charge >= 0.3 is 0 Å². The number of hydrogen-bond acceptors (Lipinski definition) is 5. The van der Waals surface area contributed by atoms with E-state index < -0.39 is 15.7 Å². The summed E-state index contributed by atoms with van der Waals surface area (Å²) in [5.41, 5.74) is 6.40. The van der Waals surface area contributed by atoms with E-state index >= 15 is 0 Å². The van der Waals surface area contributed by atoms with Crippen molar-refractivity contribution < 1.29 is 18.0 Å². The van der Waals surface area contributed by atoms with Crippen LogP contribution >= 0.6 is 11.3 Å². The number of nitrogens with one attached hydrogen (secondary N) is 2. The van der Waals surface area contributed by atoms with Crippen molar-refractivity contribution in [1.82, 2.24) is 10.9 Å². The summed E-state index contributed by atoms with van der Waals surface area (Å²) in [6, 6.07) is 7.61. The van der Waals surface area contributed by atoms with E-state index in [-0.39, 0.29) is 21.8 Å². The Kier molecular flexibility index (Phi) is 5.87. The van der Waals surface area contributed by atoms with Crippen LogP contribution in [0, 0.1) is 11.3 Å². The zero-order valence-corrected chi connectivity index (χ0v) is 18.7. The fourth-order valence-corrected chi connectivity index (χ4v) is 5.26. The average molecular weight is 435 g/mol. The third-order valence-electron chi connectivity index (χ3n) is 5.35. The lowest BCUT2D eigenvalue weighted by molar-refractivity contribution is 0.0848. The highest BCUT2D eigenvalue weighted by atomic mass is 32.2. The Morgan fingerprint density at radius 1 is 1.10 bits per heavy atom. The molecule has 3 rings (SSSR count). The van der Waals surface area contributed by atoms with E-state index in [1.54, 1.807) is 0 Å². The van der Waals surface area contributed by atoms with Crippen LogP contribution in [0.3, 0.4) is 0 Å². The summed E-state index contributed by atoms with van der Waals surface area (Å²) in [7, 11) is -3.42. The Labute approximate surface area is 175 Å². The van der Waals surface area contributed by atoms with Crippen molar-refractivity contribution in [1.29, 1.82) is 0 Å². The first-order valence-electron chi connectivity index (χ1n) is 9.47. The summed E-state index contributed by atoms with van der Waals surface area (Å²) in [5, 5.41) is 0. The molecule has 29 heavy (non-hydrogen) atoms. The van der Waals surface area contributed by atoms with Gasteiger partial charge in [-0.3, -0.25) is 20.4 Å². The van der Waals surface area contributed by atoms with Crippen LogP contribution in [-0.4, -0.2) is 26.5 Å². The van der Waals surface area contributed by atoms with Gasteiger partial charge in [0.25, 0.3) is 11.8 Å². The first-order chi connectivity index (χ1) is 13.4. The van der Waals surface area contributed by atoms with Crippen molar-refractivity contribution in [3.05, 3.63) is 51.2 Å². The van der Waals surface area contributed by atoms with Gasteiger partial charge in [0.1, 0.15) is 0 Å². The number of rotatable bonds is 3. The molecule has 156 valence electrons. The van der Waals surface area contributed by atoms with Gasteiger partial charge in [-0.25, -0.2) is 8.42 Å². The van der Waals surface area contributed by atoms with Gasteiger partial charge in [-0.1, -0.05) is 26.8 Å². The molecule has 2 aromatic rings. The Morgan fingerprint density at radius 3 is 2.45 bits per heavy atom. The summed E-state index contributed by atoms with van der Waals surface area (Å²) < 4.78 is 23.3. The molecular weight excluding hydrogens is 408 g/mol. The second-order valence-corrected chi connectivity index (χ2v) is 11.7. The highest BCUT2D eigenvalue weighted by Gasteiger charge is 2.30. The highest BCUT2D eigenvalue weighted by molar-refractivity contribution is 7.90. The molecule has 1 aromatic carbocycles. The lowest BCUT2D eigenvalue weighted by atomic mass is 9.72. The molecule has 2 amide bonds. The van der Waals surface area contributed by atoms with Gasteiger partial charge in [-0.05, 0) is 60.4 Å². The smallest absolute Gasteiger partial charge is 0.267 e. The number of aryl methyl sites for hydroxylation is 1. The summed E-state index contributed by atoms with van der Waals surface area (Å²) in [6.07, 6.45) is 4.13. The molecule has 0 saturated heterocycles. The Bertz CT molecular complexity index is 1050. The van der Waals surface area contributed by atoms with Crippen LogP contribution < -0.4 is 10.9 Å². The van der Waals surface area contributed by atoms with Crippen LogP contribution in [0.4, 0.5) is 0 Å². The van der Waals surface area contributed by atoms with Crippen LogP contribution in [0.15, 0.2) is 35.2 Å². The number of carbonyl (C=O) groups excluding carboxylic acids is 2. The Hall–Kier alpha value is -2.19. The quantitative estimate of drug-likeness (QED) is 0.725. The Morgan fingerprint density at radius 2 is 1.79 bits per heavy atom. The summed E-state index contributed by atoms with van der Waals surface area (Å²) in [6.45, 7) is 6.74. The second-order valence-electron chi connectivity index (χ2n) is 8.57. The van der Waals surface area contributed by atoms with Crippen molar-refractivity contribution in [2.24, 2.45) is 11.3 Å². The number of thiophene rings is 1. The third kappa shape index (κ3) is 5.05. The highest BCUT2D eigenvalue weighted by Crippen LogP contribution is 2.40. The van der Waals surface area contributed by atoms with E-state index in [0.717, 1.165) is 25.5 Å². The molecule has 6 nitrogen and oxygen atoms in total. The lowest BCUT2D eigenvalue weighted by Crippen LogP contribution is -2.41. The van der Waals surface area contributed by atoms with E-state index in [2.05, 4.69) is 31.6 Å². The van der Waals surface area contributed by atoms with Gasteiger partial charge in [-0.15, -0.1) is 11.3 Å². The molecule has 8 heteroatoms. The summed E-state index contributed by atoms with van der Waals surface area (Å²) in [4.78, 5) is 26.6. The number of sulfone groups is 1. The third-order valence-corrected chi connectivity index (χ3v) is 7.69. The largest absolute Gasteiger partial charge is 0.279 e. The lowest BCUT2D eigenvalue weighted by Gasteiger charge is -2.33. The minimum atomic E-state index is -3.42. The predicted molar refractivity (Wildman–Crippen MR) is 114 cm³/mol. The Balaban J connectivity index is 1.65. The summed E-state index contributed by atoms with van der Waals surface area (Å²) >= 11 is 1.47. The number of amides is 2. The minimum Gasteiger partial charge on any atom is -0.267 e. The van der Waals surface area contributed by atoms with E-state index in [0.29, 0.717) is 10.8 Å². The van der Waals surface area contributed by atoms with Crippen LogP contribution in [0.5, 0.6) is 0 Å². The molecule has 0 radical (unpaired) electrons. The molecule has 1 aliphatic carbocycles. The molecule has 2 N–H and O–H groups in total. The van der Waals surface area contributed by atoms with Gasteiger partial charge in [0, 0.05) is 16.7 Å². The van der Waals surface area contributed by atoms with Crippen LogP contribution in [0.1, 0.15) is 57.7 Å². The first-order valence-corrected chi connectivity index (χ1v) is 12.2. The molecule has 1 aliphatic rings. The maximum Gasteiger partial charge on any atom is 0.279 e. The standard InChI is InChI=1S/C21H26N2O4S2/c1-21(2,3)15-8-9-17-14(10-15)12-18(28-17)20(25)23-22-19(24)13-6-5-7-16(11-13)29(4,26)27/h5-7,11-12,15H,8-10H2,1-4H3,(H,22,24)(H,23,25). The van der Waals surface area contributed by atoms with Crippen molar-refractivity contribution in [3.63, 3.8) is 0 Å². The van der Waals surface area contributed by atoms with Crippen LogP contribution in [0.25, 0.3) is 0 Å². The van der Waals surface area contributed by atoms with E-state index in [9.17, 15) is 18.0 Å². The zero-order chi connectivity index (χ0) is 21.4. The molecule has 0 aliphatic heterocycles. The van der Waals surface area contributed by atoms with Crippen molar-refractivity contribution in [2.45, 2.75) is 44.9 Å². The fourth-order valence-electron chi connectivity index (χ4n) is 3.49. The molecule has 0 bridgehead atoms. The molecule has 1 atom stereocenters. The molecule has 1 heterocycles. The molecule has 0 fully saturated rings. The molecule has 0 saturated carbocycles. The zero-order valence-electron chi connectivity index (χ0n) is 17.0. The number of benzene rings is 1.